The zero-order chi connectivity index (χ0) is 21.6. The van der Waals surface area contributed by atoms with Gasteiger partial charge in [0, 0.05) is 27.3 Å². The molecule has 0 radical (unpaired) electrons. The fourth-order valence-electron chi connectivity index (χ4n) is 3.91. The largest absolute Gasteiger partial charge is 0.495 e. The van der Waals surface area contributed by atoms with Gasteiger partial charge < -0.3 is 24.5 Å². The summed E-state index contributed by atoms with van der Waals surface area (Å²) in [6.45, 7) is 3.29. The van der Waals surface area contributed by atoms with E-state index in [-0.39, 0.29) is 12.4 Å². The van der Waals surface area contributed by atoms with Crippen molar-refractivity contribution in [3.8, 4) is 0 Å². The van der Waals surface area contributed by atoms with E-state index in [4.69, 9.17) is 14.3 Å². The van der Waals surface area contributed by atoms with Gasteiger partial charge in [0.2, 0.25) is 0 Å². The van der Waals surface area contributed by atoms with Crippen molar-refractivity contribution < 1.29 is 29.3 Å². The van der Waals surface area contributed by atoms with E-state index in [0.717, 1.165) is 15.4 Å². The van der Waals surface area contributed by atoms with Crippen molar-refractivity contribution in [2.75, 3.05) is 13.2 Å². The Morgan fingerprint density at radius 1 is 1.27 bits per heavy atom. The van der Waals surface area contributed by atoms with Crippen LogP contribution in [0, 0.1) is 0 Å². The third-order valence-electron chi connectivity index (χ3n) is 5.63. The Balaban J connectivity index is 1.75. The number of ether oxygens (including phenoxy) is 1. The first-order chi connectivity index (χ1) is 14.2. The van der Waals surface area contributed by atoms with Gasteiger partial charge in [0.15, 0.2) is 5.78 Å². The molecule has 0 bridgehead atoms. The zero-order valence-electron chi connectivity index (χ0n) is 16.7. The van der Waals surface area contributed by atoms with Crippen LogP contribution in [-0.2, 0) is 10.2 Å². The summed E-state index contributed by atoms with van der Waals surface area (Å²) >= 11 is 3.45. The number of Topliss-reactive ketones (excluding diaryl/α,β-unsaturated/α-hetero) is 1. The van der Waals surface area contributed by atoms with Crippen LogP contribution in [0.2, 0.25) is 0 Å². The van der Waals surface area contributed by atoms with E-state index in [0.29, 0.717) is 34.7 Å². The molecular formula is C23H23BrO6. The van der Waals surface area contributed by atoms with E-state index in [1.165, 1.54) is 0 Å². The summed E-state index contributed by atoms with van der Waals surface area (Å²) in [6.07, 6.45) is 3.43. The molecule has 0 amide bonds. The molecule has 2 aromatic rings. The normalized spacial score (nSPS) is 19.8. The molecular weight excluding hydrogens is 452 g/mol. The van der Waals surface area contributed by atoms with E-state index in [1.807, 2.05) is 50.3 Å². The number of aliphatic hydroxyl groups is 3. The first kappa shape index (κ1) is 21.1. The Morgan fingerprint density at radius 2 is 2.03 bits per heavy atom. The minimum Gasteiger partial charge on any atom is -0.495 e. The second-order valence-electron chi connectivity index (χ2n) is 8.07. The fraction of sp³-hybridized carbons (Fsp3) is 0.348. The van der Waals surface area contributed by atoms with E-state index in [2.05, 4.69) is 15.9 Å². The second kappa shape index (κ2) is 7.81. The van der Waals surface area contributed by atoms with Gasteiger partial charge in [-0.3, -0.25) is 4.79 Å². The highest BCUT2D eigenvalue weighted by Gasteiger charge is 2.42. The van der Waals surface area contributed by atoms with Gasteiger partial charge in [-0.05, 0) is 43.7 Å². The lowest BCUT2D eigenvalue weighted by molar-refractivity contribution is -0.0456. The molecule has 2 atom stereocenters. The maximum absolute atomic E-state index is 13.4. The van der Waals surface area contributed by atoms with Gasteiger partial charge in [-0.15, -0.1) is 0 Å². The van der Waals surface area contributed by atoms with E-state index in [1.54, 1.807) is 0 Å². The number of rotatable bonds is 5. The molecule has 2 aliphatic rings. The van der Waals surface area contributed by atoms with Gasteiger partial charge in [-0.2, -0.15) is 0 Å². The minimum absolute atomic E-state index is 0.0927. The Kier molecular flexibility index (Phi) is 5.48. The van der Waals surface area contributed by atoms with Crippen molar-refractivity contribution in [2.45, 2.75) is 37.9 Å². The maximum Gasteiger partial charge on any atom is 0.197 e. The van der Waals surface area contributed by atoms with Crippen molar-refractivity contribution in [3.05, 3.63) is 69.1 Å². The van der Waals surface area contributed by atoms with Gasteiger partial charge in [-0.25, -0.2) is 0 Å². The number of allylic oxidation sites excluding steroid dienone is 5. The smallest absolute Gasteiger partial charge is 0.197 e. The van der Waals surface area contributed by atoms with Gasteiger partial charge in [0.1, 0.15) is 35.9 Å². The summed E-state index contributed by atoms with van der Waals surface area (Å²) in [5.74, 6) is 1.08. The van der Waals surface area contributed by atoms with Crippen LogP contribution in [-0.4, -0.2) is 46.5 Å². The van der Waals surface area contributed by atoms with Crippen molar-refractivity contribution in [1.29, 1.82) is 0 Å². The number of benzene rings is 1. The lowest BCUT2D eigenvalue weighted by Gasteiger charge is -2.31. The Bertz CT molecular complexity index is 1100. The van der Waals surface area contributed by atoms with Crippen molar-refractivity contribution in [1.82, 2.24) is 0 Å². The Morgan fingerprint density at radius 3 is 2.77 bits per heavy atom. The highest BCUT2D eigenvalue weighted by atomic mass is 79.9. The van der Waals surface area contributed by atoms with Crippen LogP contribution in [0.3, 0.4) is 0 Å². The van der Waals surface area contributed by atoms with Gasteiger partial charge >= 0.3 is 0 Å². The standard InChI is InChI=1S/C23H23BrO6/c1-23(2)16-9-13(29-11-18(27)17(26)10-25)4-3-5-14(16)21(28)20-15-7-6-12(24)8-19(15)30-22(20)23/h3,5-9,17-18,25-27H,4,10-11H2,1-2H3/t17?,18-/m1/s1. The van der Waals surface area contributed by atoms with E-state index >= 15 is 0 Å². The summed E-state index contributed by atoms with van der Waals surface area (Å²) in [7, 11) is 0. The number of hydrogen-bond donors (Lipinski definition) is 3. The van der Waals surface area contributed by atoms with Crippen LogP contribution in [0.25, 0.3) is 11.0 Å². The fourth-order valence-corrected chi connectivity index (χ4v) is 4.25. The third-order valence-corrected chi connectivity index (χ3v) is 6.13. The van der Waals surface area contributed by atoms with Crippen LogP contribution in [0.5, 0.6) is 0 Å². The molecule has 3 N–H and O–H groups in total. The summed E-state index contributed by atoms with van der Waals surface area (Å²) < 4.78 is 12.7. The molecule has 0 aliphatic heterocycles. The lowest BCUT2D eigenvalue weighted by atomic mass is 9.71. The molecule has 2 aliphatic carbocycles. The molecule has 158 valence electrons. The molecule has 7 heteroatoms. The molecule has 0 fully saturated rings. The molecule has 1 aromatic carbocycles. The Labute approximate surface area is 182 Å². The SMILES string of the molecule is CC1(C)C2=C(C=CCC(OC[C@@H](O)C(O)CO)=C2)C(=O)c2c1oc1cc(Br)ccc21. The van der Waals surface area contributed by atoms with Crippen molar-refractivity contribution >= 4 is 32.7 Å². The average molecular weight is 475 g/mol. The predicted molar refractivity (Wildman–Crippen MR) is 115 cm³/mol. The monoisotopic (exact) mass is 474 g/mol. The molecule has 6 nitrogen and oxygen atoms in total. The first-order valence-corrected chi connectivity index (χ1v) is 10.5. The van der Waals surface area contributed by atoms with Crippen molar-refractivity contribution in [2.24, 2.45) is 0 Å². The maximum atomic E-state index is 13.4. The van der Waals surface area contributed by atoms with E-state index < -0.39 is 24.2 Å². The molecule has 1 unspecified atom stereocenters. The number of hydrogen-bond acceptors (Lipinski definition) is 6. The summed E-state index contributed by atoms with van der Waals surface area (Å²) in [6, 6.07) is 5.64. The molecule has 0 saturated carbocycles. The van der Waals surface area contributed by atoms with Crippen LogP contribution in [0.4, 0.5) is 0 Å². The summed E-state index contributed by atoms with van der Waals surface area (Å²) in [4.78, 5) is 13.4. The minimum atomic E-state index is -1.27. The molecule has 30 heavy (non-hydrogen) atoms. The Hall–Kier alpha value is -2.19. The topological polar surface area (TPSA) is 100 Å². The van der Waals surface area contributed by atoms with Crippen molar-refractivity contribution in [3.63, 3.8) is 0 Å². The molecule has 0 spiro atoms. The van der Waals surface area contributed by atoms with Gasteiger partial charge in [0.25, 0.3) is 0 Å². The van der Waals surface area contributed by atoms with Crippen LogP contribution in [0.15, 0.2) is 62.2 Å². The molecule has 4 rings (SSSR count). The number of fused-ring (bicyclic) bond motifs is 3. The first-order valence-electron chi connectivity index (χ1n) is 9.73. The van der Waals surface area contributed by atoms with Crippen LogP contribution < -0.4 is 0 Å². The number of carbonyl (C=O) groups excluding carboxylic acids is 1. The average Bonchev–Trinajstić information content (AvgIpc) is 2.95. The quantitative estimate of drug-likeness (QED) is 0.612. The number of aliphatic hydroxyl groups excluding tert-OH is 3. The zero-order valence-corrected chi connectivity index (χ0v) is 18.3. The number of halogens is 1. The predicted octanol–water partition coefficient (Wildman–Crippen LogP) is 3.54. The second-order valence-corrected chi connectivity index (χ2v) is 8.99. The van der Waals surface area contributed by atoms with E-state index in [9.17, 15) is 15.0 Å². The number of ketones is 1. The van der Waals surface area contributed by atoms with Gasteiger partial charge in [-0.1, -0.05) is 28.1 Å². The molecule has 1 aromatic heterocycles. The summed E-state index contributed by atoms with van der Waals surface area (Å²) in [5, 5.41) is 29.1. The highest BCUT2D eigenvalue weighted by molar-refractivity contribution is 9.10. The third kappa shape index (κ3) is 3.46. The number of furan rings is 1. The molecule has 0 saturated heterocycles. The van der Waals surface area contributed by atoms with Gasteiger partial charge in [0.05, 0.1) is 12.2 Å². The lowest BCUT2D eigenvalue weighted by Crippen LogP contribution is -2.33. The van der Waals surface area contributed by atoms with Crippen LogP contribution >= 0.6 is 15.9 Å². The van der Waals surface area contributed by atoms with Crippen LogP contribution in [0.1, 0.15) is 36.4 Å². The summed E-state index contributed by atoms with van der Waals surface area (Å²) in [5.41, 5.74) is 2.02. The highest BCUT2D eigenvalue weighted by Crippen LogP contribution is 2.47. The number of carbonyl (C=O) groups is 1. The molecule has 1 heterocycles.